The lowest BCUT2D eigenvalue weighted by Gasteiger charge is -2.18. The van der Waals surface area contributed by atoms with Gasteiger partial charge in [0.25, 0.3) is 0 Å². The van der Waals surface area contributed by atoms with Crippen molar-refractivity contribution in [2.45, 2.75) is 136 Å². The number of nitrogens with zero attached hydrogens (tertiary/aromatic N) is 2. The van der Waals surface area contributed by atoms with Gasteiger partial charge in [-0.2, -0.15) is 0 Å². The molecule has 0 amide bonds. The minimum atomic E-state index is 1.29. The van der Waals surface area contributed by atoms with Gasteiger partial charge in [0.1, 0.15) is 0 Å². The van der Waals surface area contributed by atoms with Crippen LogP contribution < -0.4 is 0 Å². The van der Waals surface area contributed by atoms with Crippen molar-refractivity contribution in [1.29, 1.82) is 0 Å². The highest BCUT2D eigenvalue weighted by Gasteiger charge is 2.01. The molecule has 0 saturated carbocycles. The van der Waals surface area contributed by atoms with Crippen LogP contribution in [0.2, 0.25) is 0 Å². The standard InChI is InChI=1S/C27H58N2/c1-5-7-9-11-13-15-17-20-24-28(3)26-22-19-23-27-29(4)25-21-18-16-14-12-10-8-6-2/h5-27H2,1-4H3. The van der Waals surface area contributed by atoms with Crippen molar-refractivity contribution in [2.24, 2.45) is 0 Å². The topological polar surface area (TPSA) is 6.48 Å². The van der Waals surface area contributed by atoms with Gasteiger partial charge in [-0.15, -0.1) is 0 Å². The fourth-order valence-corrected chi connectivity index (χ4v) is 4.20. The van der Waals surface area contributed by atoms with Crippen LogP contribution in [0.1, 0.15) is 136 Å². The highest BCUT2D eigenvalue weighted by atomic mass is 15.1. The lowest BCUT2D eigenvalue weighted by atomic mass is 10.1. The molecule has 0 N–H and O–H groups in total. The smallest absolute Gasteiger partial charge is 0.00218 e. The third kappa shape index (κ3) is 24.1. The SMILES string of the molecule is CCCCCCCCCCN(C)CCCCCN(C)CCCCCCCCCC. The second-order valence-electron chi connectivity index (χ2n) is 9.62. The van der Waals surface area contributed by atoms with Crippen LogP contribution in [0.4, 0.5) is 0 Å². The molecule has 0 spiro atoms. The molecule has 2 heteroatoms. The average Bonchev–Trinajstić information content (AvgIpc) is 2.71. The monoisotopic (exact) mass is 410 g/mol. The molecule has 0 heterocycles. The van der Waals surface area contributed by atoms with Crippen LogP contribution in [0.25, 0.3) is 0 Å². The molecular formula is C27H58N2. The Morgan fingerprint density at radius 2 is 0.517 bits per heavy atom. The maximum atomic E-state index is 2.56. The third-order valence-electron chi connectivity index (χ3n) is 6.37. The van der Waals surface area contributed by atoms with E-state index in [0.29, 0.717) is 0 Å². The second kappa shape index (κ2) is 24.2. The van der Waals surface area contributed by atoms with E-state index in [1.807, 2.05) is 0 Å². The van der Waals surface area contributed by atoms with E-state index in [-0.39, 0.29) is 0 Å². The maximum absolute atomic E-state index is 2.56. The quantitative estimate of drug-likeness (QED) is 0.148. The molecule has 0 bridgehead atoms. The van der Waals surface area contributed by atoms with Gasteiger partial charge in [-0.05, 0) is 66.0 Å². The van der Waals surface area contributed by atoms with Crippen molar-refractivity contribution in [3.05, 3.63) is 0 Å². The van der Waals surface area contributed by atoms with Gasteiger partial charge < -0.3 is 9.80 Å². The molecule has 0 aromatic carbocycles. The zero-order valence-electron chi connectivity index (χ0n) is 21.2. The Labute approximate surface area is 186 Å². The molecule has 0 aliphatic carbocycles. The zero-order chi connectivity index (χ0) is 21.4. The number of unbranched alkanes of at least 4 members (excludes halogenated alkanes) is 16. The fraction of sp³-hybridized carbons (Fsp3) is 1.00. The summed E-state index contributed by atoms with van der Waals surface area (Å²) in [6, 6.07) is 0. The van der Waals surface area contributed by atoms with Crippen molar-refractivity contribution < 1.29 is 0 Å². The molecule has 0 fully saturated rings. The second-order valence-corrected chi connectivity index (χ2v) is 9.62. The largest absolute Gasteiger partial charge is 0.306 e. The Morgan fingerprint density at radius 1 is 0.310 bits per heavy atom. The van der Waals surface area contributed by atoms with Crippen LogP contribution >= 0.6 is 0 Å². The van der Waals surface area contributed by atoms with Crippen molar-refractivity contribution in [1.82, 2.24) is 9.80 Å². The molecule has 0 unspecified atom stereocenters. The maximum Gasteiger partial charge on any atom is -0.00218 e. The number of rotatable bonds is 24. The molecule has 176 valence electrons. The average molecular weight is 411 g/mol. The van der Waals surface area contributed by atoms with E-state index in [9.17, 15) is 0 Å². The van der Waals surface area contributed by atoms with Gasteiger partial charge >= 0.3 is 0 Å². The van der Waals surface area contributed by atoms with Crippen molar-refractivity contribution in [3.8, 4) is 0 Å². The third-order valence-corrected chi connectivity index (χ3v) is 6.37. The normalized spacial score (nSPS) is 11.8. The van der Waals surface area contributed by atoms with E-state index in [0.717, 1.165) is 0 Å². The van der Waals surface area contributed by atoms with E-state index in [2.05, 4.69) is 37.7 Å². The summed E-state index contributed by atoms with van der Waals surface area (Å²) >= 11 is 0. The van der Waals surface area contributed by atoms with Crippen LogP contribution in [-0.2, 0) is 0 Å². The van der Waals surface area contributed by atoms with Gasteiger partial charge in [0, 0.05) is 0 Å². The van der Waals surface area contributed by atoms with Gasteiger partial charge in [0.15, 0.2) is 0 Å². The van der Waals surface area contributed by atoms with E-state index in [1.165, 1.54) is 148 Å². The minimum Gasteiger partial charge on any atom is -0.306 e. The van der Waals surface area contributed by atoms with Crippen LogP contribution in [0.3, 0.4) is 0 Å². The van der Waals surface area contributed by atoms with E-state index < -0.39 is 0 Å². The first-order valence-corrected chi connectivity index (χ1v) is 13.6. The van der Waals surface area contributed by atoms with Crippen molar-refractivity contribution in [3.63, 3.8) is 0 Å². The summed E-state index contributed by atoms with van der Waals surface area (Å²) in [6.07, 6.45) is 27.0. The van der Waals surface area contributed by atoms with Crippen molar-refractivity contribution in [2.75, 3.05) is 40.3 Å². The summed E-state index contributed by atoms with van der Waals surface area (Å²) in [5.74, 6) is 0. The zero-order valence-corrected chi connectivity index (χ0v) is 21.2. The Kier molecular flexibility index (Phi) is 24.1. The molecule has 0 aromatic heterocycles. The Balaban J connectivity index is 3.27. The molecule has 0 aromatic rings. The van der Waals surface area contributed by atoms with Crippen LogP contribution in [0.5, 0.6) is 0 Å². The predicted molar refractivity (Wildman–Crippen MR) is 134 cm³/mol. The minimum absolute atomic E-state index is 1.29. The summed E-state index contributed by atoms with van der Waals surface area (Å²) in [5.41, 5.74) is 0. The van der Waals surface area contributed by atoms with Crippen LogP contribution in [0, 0.1) is 0 Å². The summed E-state index contributed by atoms with van der Waals surface area (Å²) in [7, 11) is 4.63. The summed E-state index contributed by atoms with van der Waals surface area (Å²) in [5, 5.41) is 0. The number of hydrogen-bond acceptors (Lipinski definition) is 2. The van der Waals surface area contributed by atoms with Crippen LogP contribution in [0.15, 0.2) is 0 Å². The van der Waals surface area contributed by atoms with Gasteiger partial charge in [0.05, 0.1) is 0 Å². The van der Waals surface area contributed by atoms with E-state index in [4.69, 9.17) is 0 Å². The Bertz CT molecular complexity index is 264. The first kappa shape index (κ1) is 28.9. The Morgan fingerprint density at radius 3 is 0.793 bits per heavy atom. The van der Waals surface area contributed by atoms with Gasteiger partial charge in [0.2, 0.25) is 0 Å². The molecule has 0 atom stereocenters. The molecule has 29 heavy (non-hydrogen) atoms. The molecule has 0 rings (SSSR count). The van der Waals surface area contributed by atoms with Crippen molar-refractivity contribution >= 4 is 0 Å². The Hall–Kier alpha value is -0.0800. The number of hydrogen-bond donors (Lipinski definition) is 0. The van der Waals surface area contributed by atoms with Crippen LogP contribution in [-0.4, -0.2) is 50.1 Å². The summed E-state index contributed by atoms with van der Waals surface area (Å²) in [6.45, 7) is 9.77. The molecule has 0 radical (unpaired) electrons. The van der Waals surface area contributed by atoms with Gasteiger partial charge in [-0.1, -0.05) is 110 Å². The van der Waals surface area contributed by atoms with E-state index in [1.54, 1.807) is 0 Å². The lowest BCUT2D eigenvalue weighted by molar-refractivity contribution is 0.295. The molecule has 0 aliphatic heterocycles. The van der Waals surface area contributed by atoms with Gasteiger partial charge in [-0.25, -0.2) is 0 Å². The first-order valence-electron chi connectivity index (χ1n) is 13.6. The first-order chi connectivity index (χ1) is 14.2. The van der Waals surface area contributed by atoms with E-state index >= 15 is 0 Å². The highest BCUT2D eigenvalue weighted by molar-refractivity contribution is 4.57. The molecule has 0 saturated heterocycles. The molecular weight excluding hydrogens is 352 g/mol. The lowest BCUT2D eigenvalue weighted by Crippen LogP contribution is -2.22. The molecule has 0 aliphatic rings. The van der Waals surface area contributed by atoms with Gasteiger partial charge in [-0.3, -0.25) is 0 Å². The fourth-order valence-electron chi connectivity index (χ4n) is 4.20. The summed E-state index contributed by atoms with van der Waals surface area (Å²) in [4.78, 5) is 5.11. The summed E-state index contributed by atoms with van der Waals surface area (Å²) < 4.78 is 0. The predicted octanol–water partition coefficient (Wildman–Crippen LogP) is 8.30. The molecule has 2 nitrogen and oxygen atoms in total. The highest BCUT2D eigenvalue weighted by Crippen LogP contribution is 2.10.